The highest BCUT2D eigenvalue weighted by Gasteiger charge is 2.18. The maximum atomic E-state index is 13.8. The first kappa shape index (κ1) is 15.0. The van der Waals surface area contributed by atoms with Crippen LogP contribution in [0.4, 0.5) is 10.1 Å². The number of nitrogens with zero attached hydrogens (tertiary/aromatic N) is 1. The molecule has 0 radical (unpaired) electrons. The van der Waals surface area contributed by atoms with Crippen LogP contribution in [0.5, 0.6) is 5.75 Å². The predicted octanol–water partition coefficient (Wildman–Crippen LogP) is 2.20. The van der Waals surface area contributed by atoms with Crippen LogP contribution in [0.25, 0.3) is 0 Å². The molecule has 1 saturated heterocycles. The smallest absolute Gasteiger partial charge is 0.168 e. The quantitative estimate of drug-likeness (QED) is 0.835. The van der Waals surface area contributed by atoms with Crippen molar-refractivity contribution in [1.82, 2.24) is 4.90 Å². The van der Waals surface area contributed by atoms with E-state index in [1.165, 1.54) is 6.07 Å². The summed E-state index contributed by atoms with van der Waals surface area (Å²) < 4.78 is 19.5. The molecule has 1 aliphatic heterocycles. The summed E-state index contributed by atoms with van der Waals surface area (Å²) in [6.45, 7) is 2.74. The molecule has 0 aliphatic carbocycles. The van der Waals surface area contributed by atoms with Crippen molar-refractivity contribution in [1.29, 1.82) is 0 Å². The zero-order valence-corrected chi connectivity index (χ0v) is 12.4. The van der Waals surface area contributed by atoms with Crippen LogP contribution in [0, 0.1) is 11.7 Å². The molecular weight excluding hydrogens is 277 g/mol. The lowest BCUT2D eigenvalue weighted by atomic mass is 9.98. The second kappa shape index (κ2) is 6.85. The second-order valence-corrected chi connectivity index (χ2v) is 5.60. The lowest BCUT2D eigenvalue weighted by molar-refractivity contribution is 0.160. The molecule has 0 saturated carbocycles. The molecule has 0 amide bonds. The second-order valence-electron chi connectivity index (χ2n) is 5.16. The third-order valence-corrected chi connectivity index (χ3v) is 3.64. The Kier molecular flexibility index (Phi) is 5.14. The fraction of sp³-hybridized carbons (Fsp3) is 0.500. The Labute approximate surface area is 124 Å². The van der Waals surface area contributed by atoms with E-state index in [1.807, 2.05) is 0 Å². The van der Waals surface area contributed by atoms with E-state index in [0.717, 1.165) is 25.9 Å². The SMILES string of the molecule is CN1CCC(COc2cccc(F)c2NC(N)=S)CC1. The summed E-state index contributed by atoms with van der Waals surface area (Å²) in [5, 5.41) is 2.66. The average molecular weight is 297 g/mol. The topological polar surface area (TPSA) is 50.5 Å². The number of hydrogen-bond donors (Lipinski definition) is 2. The fourth-order valence-electron chi connectivity index (χ4n) is 2.31. The van der Waals surface area contributed by atoms with Gasteiger partial charge in [0.05, 0.1) is 6.61 Å². The van der Waals surface area contributed by atoms with Gasteiger partial charge in [-0.1, -0.05) is 6.07 Å². The van der Waals surface area contributed by atoms with Crippen molar-refractivity contribution >= 4 is 23.0 Å². The molecule has 0 aromatic heterocycles. The molecule has 0 atom stereocenters. The molecule has 0 spiro atoms. The number of para-hydroxylation sites is 1. The molecule has 1 aromatic rings. The maximum absolute atomic E-state index is 13.8. The van der Waals surface area contributed by atoms with Gasteiger partial charge in [0.15, 0.2) is 10.9 Å². The number of ether oxygens (including phenoxy) is 1. The number of anilines is 1. The van der Waals surface area contributed by atoms with E-state index in [-0.39, 0.29) is 10.8 Å². The monoisotopic (exact) mass is 297 g/mol. The van der Waals surface area contributed by atoms with E-state index in [2.05, 4.69) is 17.3 Å². The van der Waals surface area contributed by atoms with Crippen molar-refractivity contribution in [2.24, 2.45) is 11.7 Å². The summed E-state index contributed by atoms with van der Waals surface area (Å²) in [4.78, 5) is 2.30. The van der Waals surface area contributed by atoms with Crippen molar-refractivity contribution in [3.8, 4) is 5.75 Å². The molecule has 1 fully saturated rings. The number of nitrogens with two attached hydrogens (primary N) is 1. The number of benzene rings is 1. The van der Waals surface area contributed by atoms with Crippen molar-refractivity contribution in [3.05, 3.63) is 24.0 Å². The lowest BCUT2D eigenvalue weighted by Gasteiger charge is -2.29. The Bertz CT molecular complexity index is 475. The molecule has 1 heterocycles. The van der Waals surface area contributed by atoms with Crippen molar-refractivity contribution < 1.29 is 9.13 Å². The number of likely N-dealkylation sites (tertiary alicyclic amines) is 1. The molecular formula is C14H20FN3OS. The Morgan fingerprint density at radius 2 is 2.20 bits per heavy atom. The Morgan fingerprint density at radius 1 is 1.50 bits per heavy atom. The van der Waals surface area contributed by atoms with E-state index in [9.17, 15) is 4.39 Å². The molecule has 20 heavy (non-hydrogen) atoms. The minimum atomic E-state index is -0.418. The van der Waals surface area contributed by atoms with Gasteiger partial charge in [-0.05, 0) is 63.2 Å². The zero-order chi connectivity index (χ0) is 14.5. The molecule has 2 rings (SSSR count). The summed E-state index contributed by atoms with van der Waals surface area (Å²) in [5.74, 6) is 0.544. The highest BCUT2D eigenvalue weighted by atomic mass is 32.1. The standard InChI is InChI=1S/C14H20FN3OS/c1-18-7-5-10(6-8-18)9-19-12-4-2-3-11(15)13(12)17-14(16)20/h2-4,10H,5-9H2,1H3,(H3,16,17,20). The van der Waals surface area contributed by atoms with Crippen LogP contribution in [0.15, 0.2) is 18.2 Å². The molecule has 6 heteroatoms. The van der Waals surface area contributed by atoms with Crippen molar-refractivity contribution in [2.45, 2.75) is 12.8 Å². The van der Waals surface area contributed by atoms with Gasteiger partial charge in [-0.2, -0.15) is 0 Å². The number of hydrogen-bond acceptors (Lipinski definition) is 3. The number of piperidine rings is 1. The first-order valence-electron chi connectivity index (χ1n) is 6.72. The largest absolute Gasteiger partial charge is 0.491 e. The number of rotatable bonds is 4. The normalized spacial score (nSPS) is 16.9. The predicted molar refractivity (Wildman–Crippen MR) is 82.5 cm³/mol. The van der Waals surface area contributed by atoms with Gasteiger partial charge in [-0.25, -0.2) is 4.39 Å². The summed E-state index contributed by atoms with van der Waals surface area (Å²) in [6.07, 6.45) is 2.20. The third kappa shape index (κ3) is 4.05. The van der Waals surface area contributed by atoms with Crippen LogP contribution in [-0.2, 0) is 0 Å². The first-order chi connectivity index (χ1) is 9.56. The molecule has 1 aliphatic rings. The Balaban J connectivity index is 1.98. The van der Waals surface area contributed by atoms with E-state index in [0.29, 0.717) is 18.3 Å². The molecule has 3 N–H and O–H groups in total. The van der Waals surface area contributed by atoms with Crippen LogP contribution in [-0.4, -0.2) is 36.8 Å². The van der Waals surface area contributed by atoms with Gasteiger partial charge in [0.1, 0.15) is 11.4 Å². The van der Waals surface area contributed by atoms with Crippen LogP contribution in [0.2, 0.25) is 0 Å². The minimum absolute atomic E-state index is 0.0271. The van der Waals surface area contributed by atoms with Gasteiger partial charge in [0.25, 0.3) is 0 Å². The highest BCUT2D eigenvalue weighted by molar-refractivity contribution is 7.80. The maximum Gasteiger partial charge on any atom is 0.168 e. The zero-order valence-electron chi connectivity index (χ0n) is 11.6. The molecule has 1 aromatic carbocycles. The van der Waals surface area contributed by atoms with Gasteiger partial charge >= 0.3 is 0 Å². The van der Waals surface area contributed by atoms with Gasteiger partial charge in [-0.15, -0.1) is 0 Å². The summed E-state index contributed by atoms with van der Waals surface area (Å²) in [7, 11) is 2.12. The molecule has 110 valence electrons. The molecule has 4 nitrogen and oxygen atoms in total. The minimum Gasteiger partial charge on any atom is -0.491 e. The lowest BCUT2D eigenvalue weighted by Crippen LogP contribution is -2.32. The van der Waals surface area contributed by atoms with E-state index in [4.69, 9.17) is 22.7 Å². The van der Waals surface area contributed by atoms with E-state index >= 15 is 0 Å². The number of thiocarbonyl (C=S) groups is 1. The van der Waals surface area contributed by atoms with Gasteiger partial charge in [-0.3, -0.25) is 0 Å². The fourth-order valence-corrected chi connectivity index (χ4v) is 2.41. The number of halogens is 1. The molecule has 0 unspecified atom stereocenters. The average Bonchev–Trinajstić information content (AvgIpc) is 2.41. The summed E-state index contributed by atoms with van der Waals surface area (Å²) >= 11 is 4.76. The Hall–Kier alpha value is -1.40. The van der Waals surface area contributed by atoms with Crippen LogP contribution in [0.3, 0.4) is 0 Å². The van der Waals surface area contributed by atoms with Crippen LogP contribution < -0.4 is 15.8 Å². The van der Waals surface area contributed by atoms with Crippen LogP contribution in [0.1, 0.15) is 12.8 Å². The molecule has 0 bridgehead atoms. The Morgan fingerprint density at radius 3 is 2.85 bits per heavy atom. The van der Waals surface area contributed by atoms with Crippen molar-refractivity contribution in [2.75, 3.05) is 32.1 Å². The summed E-state index contributed by atoms with van der Waals surface area (Å²) in [6, 6.07) is 4.69. The van der Waals surface area contributed by atoms with E-state index < -0.39 is 5.82 Å². The summed E-state index contributed by atoms with van der Waals surface area (Å²) in [5.41, 5.74) is 5.62. The number of nitrogens with one attached hydrogen (secondary N) is 1. The van der Waals surface area contributed by atoms with E-state index in [1.54, 1.807) is 12.1 Å². The van der Waals surface area contributed by atoms with Gasteiger partial charge < -0.3 is 20.7 Å². The van der Waals surface area contributed by atoms with Crippen molar-refractivity contribution in [3.63, 3.8) is 0 Å². The highest BCUT2D eigenvalue weighted by Crippen LogP contribution is 2.28. The van der Waals surface area contributed by atoms with Gasteiger partial charge in [0.2, 0.25) is 0 Å². The van der Waals surface area contributed by atoms with Crippen LogP contribution >= 0.6 is 12.2 Å². The first-order valence-corrected chi connectivity index (χ1v) is 7.13. The van der Waals surface area contributed by atoms with Gasteiger partial charge in [0, 0.05) is 0 Å². The third-order valence-electron chi connectivity index (χ3n) is 3.54.